The van der Waals surface area contributed by atoms with Crippen molar-refractivity contribution in [2.75, 3.05) is 13.2 Å². The van der Waals surface area contributed by atoms with Crippen LogP contribution in [-0.4, -0.2) is 13.2 Å². The number of rotatable bonds is 1. The normalized spacial score (nSPS) is 18.1. The van der Waals surface area contributed by atoms with Crippen LogP contribution in [0, 0.1) is 0 Å². The van der Waals surface area contributed by atoms with E-state index in [9.17, 15) is 0 Å². The molecule has 0 fully saturated rings. The van der Waals surface area contributed by atoms with E-state index in [0.29, 0.717) is 5.88 Å². The third-order valence-electron chi connectivity index (χ3n) is 3.33. The van der Waals surface area contributed by atoms with Crippen LogP contribution in [0.5, 0.6) is 11.5 Å². The quantitative estimate of drug-likeness (QED) is 0.700. The van der Waals surface area contributed by atoms with Crippen molar-refractivity contribution in [3.63, 3.8) is 0 Å². The zero-order chi connectivity index (χ0) is 11.0. The average Bonchev–Trinajstić information content (AvgIpc) is 2.36. The molecular weight excluding hydrogens is 224 g/mol. The smallest absolute Gasteiger partial charge is 0.127 e. The summed E-state index contributed by atoms with van der Waals surface area (Å²) >= 11 is 6.07. The minimum Gasteiger partial charge on any atom is -0.493 e. The summed E-state index contributed by atoms with van der Waals surface area (Å²) in [6.07, 6.45) is 4.31. The molecule has 1 aromatic carbocycles. The highest BCUT2D eigenvalue weighted by Gasteiger charge is 2.23. The van der Waals surface area contributed by atoms with Crippen molar-refractivity contribution in [2.45, 2.75) is 31.6 Å². The van der Waals surface area contributed by atoms with E-state index in [1.54, 1.807) is 0 Å². The highest BCUT2D eigenvalue weighted by Crippen LogP contribution is 2.40. The molecule has 3 heteroatoms. The van der Waals surface area contributed by atoms with Crippen molar-refractivity contribution >= 4 is 11.6 Å². The molecule has 0 radical (unpaired) electrons. The first-order valence-electron chi connectivity index (χ1n) is 5.89. The summed E-state index contributed by atoms with van der Waals surface area (Å²) in [5.41, 5.74) is 3.69. The fraction of sp³-hybridized carbons (Fsp3) is 0.538. The van der Waals surface area contributed by atoms with E-state index in [1.165, 1.54) is 11.1 Å². The molecule has 0 spiro atoms. The second-order valence-corrected chi connectivity index (χ2v) is 4.62. The number of fused-ring (bicyclic) bond motifs is 2. The van der Waals surface area contributed by atoms with Gasteiger partial charge in [-0.05, 0) is 37.3 Å². The Hall–Kier alpha value is -0.890. The van der Waals surface area contributed by atoms with Gasteiger partial charge in [0.25, 0.3) is 0 Å². The minimum absolute atomic E-state index is 0.523. The zero-order valence-electron chi connectivity index (χ0n) is 9.22. The van der Waals surface area contributed by atoms with Crippen LogP contribution in [0.2, 0.25) is 0 Å². The largest absolute Gasteiger partial charge is 0.493 e. The van der Waals surface area contributed by atoms with Crippen molar-refractivity contribution in [3.05, 3.63) is 22.8 Å². The first-order valence-corrected chi connectivity index (χ1v) is 6.43. The van der Waals surface area contributed by atoms with Gasteiger partial charge < -0.3 is 9.47 Å². The van der Waals surface area contributed by atoms with Crippen molar-refractivity contribution in [1.29, 1.82) is 0 Å². The predicted octanol–water partition coefficient (Wildman–Crippen LogP) is 3.08. The van der Waals surface area contributed by atoms with Crippen LogP contribution >= 0.6 is 11.6 Å². The molecule has 0 atom stereocenters. The maximum absolute atomic E-state index is 6.07. The third-order valence-corrected chi connectivity index (χ3v) is 3.60. The van der Waals surface area contributed by atoms with Gasteiger partial charge in [0.15, 0.2) is 0 Å². The molecule has 0 aliphatic carbocycles. The number of aryl methyl sites for hydroxylation is 1. The summed E-state index contributed by atoms with van der Waals surface area (Å²) in [6.45, 7) is 1.64. The van der Waals surface area contributed by atoms with Gasteiger partial charge >= 0.3 is 0 Å². The Balaban J connectivity index is 2.16. The summed E-state index contributed by atoms with van der Waals surface area (Å²) in [5.74, 6) is 2.59. The number of hydrogen-bond donors (Lipinski definition) is 0. The van der Waals surface area contributed by atoms with E-state index in [4.69, 9.17) is 21.1 Å². The SMILES string of the molecule is ClCc1c2c(cc3c1OCCC3)OCCC2. The van der Waals surface area contributed by atoms with Crippen molar-refractivity contribution in [2.24, 2.45) is 0 Å². The lowest BCUT2D eigenvalue weighted by atomic mass is 9.94. The van der Waals surface area contributed by atoms with Gasteiger partial charge in [-0.25, -0.2) is 0 Å². The van der Waals surface area contributed by atoms with E-state index < -0.39 is 0 Å². The molecule has 86 valence electrons. The minimum atomic E-state index is 0.523. The molecule has 0 amide bonds. The third kappa shape index (κ3) is 1.56. The Morgan fingerprint density at radius 2 is 1.94 bits per heavy atom. The van der Waals surface area contributed by atoms with Gasteiger partial charge in [0, 0.05) is 11.1 Å². The zero-order valence-corrected chi connectivity index (χ0v) is 9.98. The van der Waals surface area contributed by atoms with Gasteiger partial charge in [0.2, 0.25) is 0 Å². The Bertz CT molecular complexity index is 381. The first kappa shape index (κ1) is 10.3. The lowest BCUT2D eigenvalue weighted by Crippen LogP contribution is -2.16. The van der Waals surface area contributed by atoms with Crippen LogP contribution in [0.4, 0.5) is 0 Å². The van der Waals surface area contributed by atoms with E-state index in [1.807, 2.05) is 0 Å². The molecule has 0 unspecified atom stereocenters. The lowest BCUT2D eigenvalue weighted by Gasteiger charge is -2.26. The molecule has 1 aromatic rings. The molecule has 16 heavy (non-hydrogen) atoms. The van der Waals surface area contributed by atoms with Gasteiger partial charge in [-0.15, -0.1) is 11.6 Å². The second-order valence-electron chi connectivity index (χ2n) is 4.36. The molecule has 0 bridgehead atoms. The van der Waals surface area contributed by atoms with Gasteiger partial charge in [-0.3, -0.25) is 0 Å². The van der Waals surface area contributed by atoms with Crippen LogP contribution in [0.25, 0.3) is 0 Å². The first-order chi connectivity index (χ1) is 7.90. The summed E-state index contributed by atoms with van der Waals surface area (Å²) in [4.78, 5) is 0. The van der Waals surface area contributed by atoms with Crippen molar-refractivity contribution in [3.8, 4) is 11.5 Å². The maximum atomic E-state index is 6.07. The molecule has 0 aromatic heterocycles. The van der Waals surface area contributed by atoms with E-state index in [0.717, 1.165) is 56.0 Å². The Morgan fingerprint density at radius 3 is 2.81 bits per heavy atom. The molecule has 0 N–H and O–H groups in total. The standard InChI is InChI=1S/C13H15ClO2/c14-8-11-10-4-2-5-15-12(10)7-9-3-1-6-16-13(9)11/h7H,1-6,8H2. The average molecular weight is 239 g/mol. The second kappa shape index (κ2) is 4.17. The molecule has 2 heterocycles. The maximum Gasteiger partial charge on any atom is 0.127 e. The van der Waals surface area contributed by atoms with E-state index in [2.05, 4.69) is 6.07 Å². The van der Waals surface area contributed by atoms with Gasteiger partial charge in [0.05, 0.1) is 19.1 Å². The van der Waals surface area contributed by atoms with Gasteiger partial charge in [-0.1, -0.05) is 0 Å². The number of ether oxygens (including phenoxy) is 2. The fourth-order valence-corrected chi connectivity index (χ4v) is 2.85. The Labute approximate surface area is 101 Å². The van der Waals surface area contributed by atoms with E-state index >= 15 is 0 Å². The number of halogens is 1. The van der Waals surface area contributed by atoms with Crippen molar-refractivity contribution in [1.82, 2.24) is 0 Å². The van der Waals surface area contributed by atoms with Crippen LogP contribution < -0.4 is 9.47 Å². The number of hydrogen-bond acceptors (Lipinski definition) is 2. The molecule has 2 aliphatic heterocycles. The molecule has 0 saturated carbocycles. The highest BCUT2D eigenvalue weighted by atomic mass is 35.5. The molecule has 3 rings (SSSR count). The monoisotopic (exact) mass is 238 g/mol. The van der Waals surface area contributed by atoms with Crippen LogP contribution in [0.1, 0.15) is 29.5 Å². The van der Waals surface area contributed by atoms with Gasteiger partial charge in [-0.2, -0.15) is 0 Å². The Kier molecular flexibility index (Phi) is 2.68. The molecular formula is C13H15ClO2. The highest BCUT2D eigenvalue weighted by molar-refractivity contribution is 6.17. The topological polar surface area (TPSA) is 18.5 Å². The Morgan fingerprint density at radius 1 is 1.12 bits per heavy atom. The van der Waals surface area contributed by atoms with Crippen molar-refractivity contribution < 1.29 is 9.47 Å². The summed E-state index contributed by atoms with van der Waals surface area (Å²) in [7, 11) is 0. The van der Waals surface area contributed by atoms with E-state index in [-0.39, 0.29) is 0 Å². The number of benzene rings is 1. The predicted molar refractivity (Wildman–Crippen MR) is 63.6 cm³/mol. The fourth-order valence-electron chi connectivity index (χ4n) is 2.57. The number of alkyl halides is 1. The lowest BCUT2D eigenvalue weighted by molar-refractivity contribution is 0.270. The van der Waals surface area contributed by atoms with Crippen LogP contribution in [-0.2, 0) is 18.7 Å². The van der Waals surface area contributed by atoms with Crippen LogP contribution in [0.3, 0.4) is 0 Å². The molecule has 2 nitrogen and oxygen atoms in total. The molecule has 0 saturated heterocycles. The summed E-state index contributed by atoms with van der Waals surface area (Å²) in [5, 5.41) is 0. The van der Waals surface area contributed by atoms with Gasteiger partial charge in [0.1, 0.15) is 11.5 Å². The van der Waals surface area contributed by atoms with Crippen LogP contribution in [0.15, 0.2) is 6.07 Å². The summed E-state index contributed by atoms with van der Waals surface area (Å²) < 4.78 is 11.5. The summed E-state index contributed by atoms with van der Waals surface area (Å²) in [6, 6.07) is 2.15. The molecule has 2 aliphatic rings.